The van der Waals surface area contributed by atoms with Crippen molar-refractivity contribution in [3.05, 3.63) is 40.5 Å². The molecule has 15 heteroatoms. The molecule has 39 heavy (non-hydrogen) atoms. The number of ether oxygens (including phenoxy) is 1. The smallest absolute Gasteiger partial charge is 0.766 e. The van der Waals surface area contributed by atoms with Gasteiger partial charge in [-0.05, 0) is 49.7 Å². The van der Waals surface area contributed by atoms with Crippen LogP contribution in [-0.2, 0) is 38.8 Å². The molecule has 1 saturated carbocycles. The molecule has 0 saturated heterocycles. The molecule has 2 aromatic rings. The van der Waals surface area contributed by atoms with Gasteiger partial charge in [0.25, 0.3) is 5.91 Å². The zero-order valence-corrected chi connectivity index (χ0v) is 25.8. The molecule has 3 heterocycles. The first-order valence-electron chi connectivity index (χ1n) is 12.4. The Bertz CT molecular complexity index is 1470. The standard InChI is InChI=1S/C24H32FN4O7PS.Na/c1-24(2)9-19-22(38(34,35)12-24)16-10-36-11-20(16)29(19)15-7-17(25)21(23(26)30)18(8-15)27-13-3-5-14(6-4-13)28-37(31,32)33;/h7-8,13-14,27H,3-6,9-12H2,1-2H3,(H2,26,30)(H3,28,31,32,33);/q;+1/p-1. The fourth-order valence-electron chi connectivity index (χ4n) is 6.09. The summed E-state index contributed by atoms with van der Waals surface area (Å²) in [7, 11) is -8.20. The number of hydrogen-bond acceptors (Lipinski definition) is 7. The number of carbonyl (C=O) groups is 1. The van der Waals surface area contributed by atoms with E-state index in [4.69, 9.17) is 15.4 Å². The van der Waals surface area contributed by atoms with Crippen molar-refractivity contribution in [3.8, 4) is 5.69 Å². The molecule has 0 bridgehead atoms. The van der Waals surface area contributed by atoms with Crippen LogP contribution < -0.4 is 50.6 Å². The summed E-state index contributed by atoms with van der Waals surface area (Å²) in [5.74, 6) is -1.79. The van der Waals surface area contributed by atoms with E-state index in [1.165, 1.54) is 6.07 Å². The van der Waals surface area contributed by atoms with Crippen LogP contribution in [0.4, 0.5) is 10.1 Å². The van der Waals surface area contributed by atoms with Crippen molar-refractivity contribution >= 4 is 29.2 Å². The topological polar surface area (TPSA) is 176 Å². The summed E-state index contributed by atoms with van der Waals surface area (Å²) < 4.78 is 60.5. The normalized spacial score (nSPS) is 24.6. The Kier molecular flexibility index (Phi) is 8.53. The second-order valence-electron chi connectivity index (χ2n) is 11.2. The van der Waals surface area contributed by atoms with Crippen molar-refractivity contribution in [2.75, 3.05) is 11.1 Å². The monoisotopic (exact) mass is 592 g/mol. The average Bonchev–Trinajstić information content (AvgIpc) is 3.31. The molecule has 5 rings (SSSR count). The Labute approximate surface area is 248 Å². The summed E-state index contributed by atoms with van der Waals surface area (Å²) in [6.07, 6.45) is 2.32. The molecule has 1 atom stereocenters. The minimum Gasteiger partial charge on any atom is -0.766 e. The van der Waals surface area contributed by atoms with Crippen LogP contribution in [0.5, 0.6) is 0 Å². The number of anilines is 1. The fourth-order valence-corrected chi connectivity index (χ4v) is 9.16. The van der Waals surface area contributed by atoms with Gasteiger partial charge < -0.3 is 30.1 Å². The number of aromatic nitrogens is 1. The van der Waals surface area contributed by atoms with Crippen LogP contribution in [0.1, 0.15) is 66.8 Å². The van der Waals surface area contributed by atoms with E-state index in [9.17, 15) is 22.7 Å². The molecule has 1 unspecified atom stereocenters. The zero-order valence-electron chi connectivity index (χ0n) is 22.1. The summed E-state index contributed by atoms with van der Waals surface area (Å²) in [5.41, 5.74) is 7.03. The number of carbonyl (C=O) groups excluding carboxylic acids is 1. The summed E-state index contributed by atoms with van der Waals surface area (Å²) in [5, 5.41) is 5.40. The summed E-state index contributed by atoms with van der Waals surface area (Å²) in [6, 6.07) is 2.16. The van der Waals surface area contributed by atoms with E-state index in [-0.39, 0.29) is 70.7 Å². The zero-order chi connectivity index (χ0) is 27.6. The maximum absolute atomic E-state index is 15.4. The minimum atomic E-state index is -4.60. The van der Waals surface area contributed by atoms with Gasteiger partial charge in [0.05, 0.1) is 46.5 Å². The molecule has 11 nitrogen and oxygen atoms in total. The van der Waals surface area contributed by atoms with Crippen LogP contribution in [0, 0.1) is 11.2 Å². The third kappa shape index (κ3) is 6.17. The third-order valence-electron chi connectivity index (χ3n) is 7.46. The molecule has 2 aliphatic heterocycles. The van der Waals surface area contributed by atoms with Crippen molar-refractivity contribution in [2.45, 2.75) is 76.1 Å². The quantitative estimate of drug-likeness (QED) is 0.239. The Morgan fingerprint density at radius 3 is 2.46 bits per heavy atom. The summed E-state index contributed by atoms with van der Waals surface area (Å²) in [6.45, 7) is 4.08. The Balaban J connectivity index is 0.00000353. The second kappa shape index (κ2) is 10.8. The molecule has 1 aliphatic carbocycles. The van der Waals surface area contributed by atoms with Crippen molar-refractivity contribution in [1.82, 2.24) is 9.65 Å². The number of halogens is 1. The number of amides is 1. The summed E-state index contributed by atoms with van der Waals surface area (Å²) in [4.78, 5) is 32.7. The van der Waals surface area contributed by atoms with Crippen LogP contribution in [-0.4, -0.2) is 41.6 Å². The minimum absolute atomic E-state index is 0. The maximum Gasteiger partial charge on any atom is 1.00 e. The molecule has 208 valence electrons. The van der Waals surface area contributed by atoms with Gasteiger partial charge in [0.2, 0.25) is 7.75 Å². The van der Waals surface area contributed by atoms with E-state index < -0.39 is 40.8 Å². The third-order valence-corrected chi connectivity index (χ3v) is 10.4. The van der Waals surface area contributed by atoms with E-state index in [0.717, 1.165) is 0 Å². The molecule has 1 fully saturated rings. The van der Waals surface area contributed by atoms with E-state index in [1.807, 2.05) is 13.8 Å². The number of primary amides is 1. The number of fused-ring (bicyclic) bond motifs is 3. The van der Waals surface area contributed by atoms with Crippen molar-refractivity contribution in [1.29, 1.82) is 0 Å². The van der Waals surface area contributed by atoms with Gasteiger partial charge in [0.15, 0.2) is 9.84 Å². The Morgan fingerprint density at radius 2 is 1.85 bits per heavy atom. The van der Waals surface area contributed by atoms with Gasteiger partial charge in [-0.2, -0.15) is 0 Å². The number of nitrogens with zero attached hydrogens (tertiary/aromatic N) is 1. The maximum atomic E-state index is 15.4. The molecule has 3 aliphatic rings. The first kappa shape index (κ1) is 30.7. The van der Waals surface area contributed by atoms with Gasteiger partial charge in [0, 0.05) is 23.3 Å². The van der Waals surface area contributed by atoms with Crippen LogP contribution in [0.2, 0.25) is 0 Å². The van der Waals surface area contributed by atoms with Crippen LogP contribution in [0.25, 0.3) is 5.69 Å². The predicted molar refractivity (Wildman–Crippen MR) is 135 cm³/mol. The van der Waals surface area contributed by atoms with Gasteiger partial charge in [-0.3, -0.25) is 14.4 Å². The number of hydrogen-bond donors (Lipinski definition) is 4. The number of nitrogens with one attached hydrogen (secondary N) is 2. The van der Waals surface area contributed by atoms with Gasteiger partial charge in [-0.15, -0.1) is 0 Å². The fraction of sp³-hybridized carbons (Fsp3) is 0.542. The van der Waals surface area contributed by atoms with Crippen LogP contribution in [0.3, 0.4) is 0 Å². The number of benzene rings is 1. The van der Waals surface area contributed by atoms with Gasteiger partial charge >= 0.3 is 29.6 Å². The Morgan fingerprint density at radius 1 is 1.21 bits per heavy atom. The van der Waals surface area contributed by atoms with Gasteiger partial charge in [0.1, 0.15) is 5.82 Å². The molecular formula is C24H31FN4NaO7PS. The van der Waals surface area contributed by atoms with Gasteiger partial charge in [-0.1, -0.05) is 13.8 Å². The predicted octanol–water partition coefficient (Wildman–Crippen LogP) is -1.12. The Hall–Kier alpha value is -1.28. The number of rotatable bonds is 6. The van der Waals surface area contributed by atoms with E-state index >= 15 is 4.39 Å². The first-order valence-corrected chi connectivity index (χ1v) is 15.7. The second-order valence-corrected chi connectivity index (χ2v) is 14.4. The summed E-state index contributed by atoms with van der Waals surface area (Å²) >= 11 is 0. The SMILES string of the molecule is CC1(C)Cc2c(c3c(n2-c2cc(F)c(C(N)=O)c(NC4CCC(NP(=O)([O-])O)CC4)c2)COC3)S(=O)(=O)C1.[Na+]. The largest absolute Gasteiger partial charge is 1.00 e. The van der Waals surface area contributed by atoms with E-state index in [0.29, 0.717) is 54.7 Å². The van der Waals surface area contributed by atoms with Gasteiger partial charge in [-0.25, -0.2) is 12.8 Å². The van der Waals surface area contributed by atoms with Crippen molar-refractivity contribution in [3.63, 3.8) is 0 Å². The molecule has 1 aromatic heterocycles. The molecule has 5 N–H and O–H groups in total. The van der Waals surface area contributed by atoms with Crippen LogP contribution in [0.15, 0.2) is 17.0 Å². The van der Waals surface area contributed by atoms with Crippen LogP contribution >= 0.6 is 7.75 Å². The van der Waals surface area contributed by atoms with E-state index in [2.05, 4.69) is 10.4 Å². The first-order chi connectivity index (χ1) is 17.7. The van der Waals surface area contributed by atoms with Crippen molar-refractivity contribution < 1.29 is 66.2 Å². The molecule has 0 radical (unpaired) electrons. The molecule has 1 amide bonds. The van der Waals surface area contributed by atoms with Crippen molar-refractivity contribution in [2.24, 2.45) is 11.1 Å². The average molecular weight is 593 g/mol. The molecular weight excluding hydrogens is 561 g/mol. The number of sulfone groups is 1. The molecule has 1 aromatic carbocycles. The number of nitrogens with two attached hydrogens (primary N) is 1. The van der Waals surface area contributed by atoms with E-state index in [1.54, 1.807) is 10.6 Å². The molecule has 0 spiro atoms.